The standard InChI is InChI=1S/C15H14N2O/c1-3-13-8-18-14(15(13,9-16)10-17)12-6-4-11(2)5-7-12/h3-7,13-14H,1,8H2,2H3/t13-,14+/m0/s1. The van der Waals surface area contributed by atoms with Crippen molar-refractivity contribution in [3.8, 4) is 12.1 Å². The number of nitriles is 2. The molecule has 1 aliphatic rings. The predicted molar refractivity (Wildman–Crippen MR) is 67.2 cm³/mol. The fraction of sp³-hybridized carbons (Fsp3) is 0.333. The molecule has 2 rings (SSSR count). The van der Waals surface area contributed by atoms with Crippen LogP contribution in [0.15, 0.2) is 36.9 Å². The molecule has 0 aliphatic carbocycles. The van der Waals surface area contributed by atoms with E-state index in [-0.39, 0.29) is 5.92 Å². The van der Waals surface area contributed by atoms with Crippen molar-refractivity contribution in [2.75, 3.05) is 6.61 Å². The second-order valence-electron chi connectivity index (χ2n) is 4.56. The van der Waals surface area contributed by atoms with Gasteiger partial charge in [0.1, 0.15) is 6.10 Å². The fourth-order valence-electron chi connectivity index (χ4n) is 2.32. The van der Waals surface area contributed by atoms with Gasteiger partial charge in [0.2, 0.25) is 0 Å². The average Bonchev–Trinajstić information content (AvgIpc) is 2.78. The van der Waals surface area contributed by atoms with Crippen molar-refractivity contribution in [2.45, 2.75) is 13.0 Å². The maximum atomic E-state index is 9.40. The Hall–Kier alpha value is -2.10. The second kappa shape index (κ2) is 4.64. The summed E-state index contributed by atoms with van der Waals surface area (Å²) in [4.78, 5) is 0. The van der Waals surface area contributed by atoms with Gasteiger partial charge in [-0.25, -0.2) is 0 Å². The molecule has 0 saturated carbocycles. The maximum Gasteiger partial charge on any atom is 0.182 e. The maximum absolute atomic E-state index is 9.40. The van der Waals surface area contributed by atoms with Gasteiger partial charge in [-0.05, 0) is 12.5 Å². The van der Waals surface area contributed by atoms with Crippen LogP contribution in [0.1, 0.15) is 17.2 Å². The summed E-state index contributed by atoms with van der Waals surface area (Å²) in [5.74, 6) is -0.251. The minimum atomic E-state index is -1.17. The fourth-order valence-corrected chi connectivity index (χ4v) is 2.32. The van der Waals surface area contributed by atoms with E-state index in [1.807, 2.05) is 31.2 Å². The van der Waals surface area contributed by atoms with E-state index in [1.54, 1.807) is 6.08 Å². The van der Waals surface area contributed by atoms with Gasteiger partial charge < -0.3 is 4.74 Å². The highest BCUT2D eigenvalue weighted by molar-refractivity contribution is 5.34. The van der Waals surface area contributed by atoms with Crippen molar-refractivity contribution in [3.05, 3.63) is 48.0 Å². The number of rotatable bonds is 2. The summed E-state index contributed by atoms with van der Waals surface area (Å²) in [5.41, 5.74) is 0.835. The van der Waals surface area contributed by atoms with Crippen molar-refractivity contribution in [1.29, 1.82) is 10.5 Å². The van der Waals surface area contributed by atoms with Gasteiger partial charge in [0.15, 0.2) is 5.41 Å². The first-order valence-corrected chi connectivity index (χ1v) is 5.81. The van der Waals surface area contributed by atoms with Crippen LogP contribution in [0.5, 0.6) is 0 Å². The first kappa shape index (κ1) is 12.4. The Balaban J connectivity index is 2.46. The Morgan fingerprint density at radius 2 is 1.94 bits per heavy atom. The zero-order chi connectivity index (χ0) is 13.2. The monoisotopic (exact) mass is 238 g/mol. The van der Waals surface area contributed by atoms with Crippen LogP contribution in [0.4, 0.5) is 0 Å². The van der Waals surface area contributed by atoms with E-state index >= 15 is 0 Å². The van der Waals surface area contributed by atoms with Crippen LogP contribution in [0.2, 0.25) is 0 Å². The van der Waals surface area contributed by atoms with Gasteiger partial charge in [-0.1, -0.05) is 35.9 Å². The lowest BCUT2D eigenvalue weighted by Crippen LogP contribution is -2.27. The van der Waals surface area contributed by atoms with Crippen LogP contribution in [0.3, 0.4) is 0 Å². The molecule has 1 heterocycles. The van der Waals surface area contributed by atoms with Crippen molar-refractivity contribution < 1.29 is 4.74 Å². The molecular formula is C15H14N2O. The topological polar surface area (TPSA) is 56.8 Å². The van der Waals surface area contributed by atoms with E-state index in [9.17, 15) is 10.5 Å². The molecule has 1 aromatic rings. The van der Waals surface area contributed by atoms with Crippen LogP contribution in [-0.2, 0) is 4.74 Å². The lowest BCUT2D eigenvalue weighted by molar-refractivity contribution is 0.0863. The summed E-state index contributed by atoms with van der Waals surface area (Å²) in [6, 6.07) is 12.0. The van der Waals surface area contributed by atoms with Gasteiger partial charge in [-0.2, -0.15) is 10.5 Å². The van der Waals surface area contributed by atoms with Gasteiger partial charge >= 0.3 is 0 Å². The molecule has 0 radical (unpaired) electrons. The van der Waals surface area contributed by atoms with E-state index in [1.165, 1.54) is 0 Å². The SMILES string of the molecule is C=C[C@H]1CO[C@H](c2ccc(C)cc2)C1(C#N)C#N. The minimum Gasteiger partial charge on any atom is -0.370 e. The molecule has 0 amide bonds. The Labute approximate surface area is 107 Å². The predicted octanol–water partition coefficient (Wildman–Crippen LogP) is 2.90. The molecule has 1 aliphatic heterocycles. The summed E-state index contributed by atoms with van der Waals surface area (Å²) in [6.45, 7) is 6.05. The van der Waals surface area contributed by atoms with Gasteiger partial charge in [-0.3, -0.25) is 0 Å². The first-order valence-electron chi connectivity index (χ1n) is 5.81. The highest BCUT2D eigenvalue weighted by Crippen LogP contribution is 2.48. The molecule has 0 spiro atoms. The number of ether oxygens (including phenoxy) is 1. The molecule has 90 valence electrons. The zero-order valence-corrected chi connectivity index (χ0v) is 10.3. The number of hydrogen-bond acceptors (Lipinski definition) is 3. The molecule has 1 fully saturated rings. The highest BCUT2D eigenvalue weighted by Gasteiger charge is 2.52. The van der Waals surface area contributed by atoms with Crippen molar-refractivity contribution >= 4 is 0 Å². The molecule has 0 aromatic heterocycles. The molecule has 2 atom stereocenters. The van der Waals surface area contributed by atoms with E-state index in [4.69, 9.17) is 4.74 Å². The Morgan fingerprint density at radius 1 is 1.33 bits per heavy atom. The molecular weight excluding hydrogens is 224 g/mol. The highest BCUT2D eigenvalue weighted by atomic mass is 16.5. The molecule has 0 unspecified atom stereocenters. The smallest absolute Gasteiger partial charge is 0.182 e. The van der Waals surface area contributed by atoms with E-state index < -0.39 is 11.5 Å². The van der Waals surface area contributed by atoms with Gasteiger partial charge in [-0.15, -0.1) is 6.58 Å². The lowest BCUT2D eigenvalue weighted by atomic mass is 9.74. The molecule has 1 aromatic carbocycles. The Bertz CT molecular complexity index is 519. The zero-order valence-electron chi connectivity index (χ0n) is 10.3. The minimum absolute atomic E-state index is 0.251. The molecule has 3 nitrogen and oxygen atoms in total. The number of hydrogen-bond donors (Lipinski definition) is 0. The summed E-state index contributed by atoms with van der Waals surface area (Å²) in [6.07, 6.45) is 1.14. The van der Waals surface area contributed by atoms with E-state index in [0.29, 0.717) is 6.61 Å². The Kier molecular flexibility index (Phi) is 3.19. The number of aryl methyl sites for hydroxylation is 1. The summed E-state index contributed by atoms with van der Waals surface area (Å²) >= 11 is 0. The summed E-state index contributed by atoms with van der Waals surface area (Å²) < 4.78 is 5.66. The molecule has 3 heteroatoms. The third-order valence-electron chi connectivity index (χ3n) is 3.48. The number of benzene rings is 1. The largest absolute Gasteiger partial charge is 0.370 e. The number of nitrogens with zero attached hydrogens (tertiary/aromatic N) is 2. The lowest BCUT2D eigenvalue weighted by Gasteiger charge is -2.23. The van der Waals surface area contributed by atoms with Gasteiger partial charge in [0, 0.05) is 5.92 Å². The third kappa shape index (κ3) is 1.70. The molecule has 1 saturated heterocycles. The quantitative estimate of drug-likeness (QED) is 0.744. The third-order valence-corrected chi connectivity index (χ3v) is 3.48. The Morgan fingerprint density at radius 3 is 2.44 bits per heavy atom. The van der Waals surface area contributed by atoms with Gasteiger partial charge in [0.25, 0.3) is 0 Å². The second-order valence-corrected chi connectivity index (χ2v) is 4.56. The average molecular weight is 238 g/mol. The van der Waals surface area contributed by atoms with E-state index in [0.717, 1.165) is 11.1 Å². The van der Waals surface area contributed by atoms with Crippen LogP contribution in [0, 0.1) is 40.9 Å². The van der Waals surface area contributed by atoms with Gasteiger partial charge in [0.05, 0.1) is 18.7 Å². The first-order chi connectivity index (χ1) is 8.67. The van der Waals surface area contributed by atoms with E-state index in [2.05, 4.69) is 18.7 Å². The summed E-state index contributed by atoms with van der Waals surface area (Å²) in [7, 11) is 0. The molecule has 18 heavy (non-hydrogen) atoms. The normalized spacial score (nSPS) is 25.1. The van der Waals surface area contributed by atoms with Crippen molar-refractivity contribution in [2.24, 2.45) is 11.3 Å². The van der Waals surface area contributed by atoms with Crippen LogP contribution < -0.4 is 0 Å². The van der Waals surface area contributed by atoms with Crippen molar-refractivity contribution in [3.63, 3.8) is 0 Å². The van der Waals surface area contributed by atoms with Crippen LogP contribution in [0.25, 0.3) is 0 Å². The van der Waals surface area contributed by atoms with Crippen LogP contribution >= 0.6 is 0 Å². The molecule has 0 bridgehead atoms. The molecule has 0 N–H and O–H groups in total. The van der Waals surface area contributed by atoms with Crippen LogP contribution in [-0.4, -0.2) is 6.61 Å². The summed E-state index contributed by atoms with van der Waals surface area (Å²) in [5, 5.41) is 18.8. The van der Waals surface area contributed by atoms with Crippen molar-refractivity contribution in [1.82, 2.24) is 0 Å².